The molecular weight excluding hydrogens is 188 g/mol. The Morgan fingerprint density at radius 3 is 2.80 bits per heavy atom. The number of aryl methyl sites for hydroxylation is 1. The van der Waals surface area contributed by atoms with Crippen LogP contribution in [-0.4, -0.2) is 20.3 Å². The number of nitrogens with two attached hydrogens (primary N) is 1. The molecule has 1 rings (SSSR count). The highest BCUT2D eigenvalue weighted by Gasteiger charge is 2.01. The molecule has 0 saturated heterocycles. The molecule has 0 aliphatic carbocycles. The zero-order valence-corrected chi connectivity index (χ0v) is 9.71. The molecule has 1 aromatic carbocycles. The van der Waals surface area contributed by atoms with Crippen LogP contribution in [0.1, 0.15) is 12.5 Å². The van der Waals surface area contributed by atoms with Gasteiger partial charge >= 0.3 is 0 Å². The lowest BCUT2D eigenvalue weighted by Gasteiger charge is -2.13. The molecule has 0 spiro atoms. The molecule has 3 N–H and O–H groups in total. The van der Waals surface area contributed by atoms with Gasteiger partial charge in [-0.3, -0.25) is 0 Å². The molecule has 1 unspecified atom stereocenters. The first-order valence-electron chi connectivity index (χ1n) is 5.22. The molecule has 15 heavy (non-hydrogen) atoms. The first kappa shape index (κ1) is 11.9. The SMILES string of the molecule is COCC(C)CNc1ccc(C)c(N)c1. The van der Waals surface area contributed by atoms with Crippen LogP contribution in [0.3, 0.4) is 0 Å². The number of nitrogens with one attached hydrogen (secondary N) is 1. The van der Waals surface area contributed by atoms with Gasteiger partial charge in [0.25, 0.3) is 0 Å². The van der Waals surface area contributed by atoms with Crippen LogP contribution in [0, 0.1) is 12.8 Å². The molecule has 0 amide bonds. The standard InChI is InChI=1S/C12H20N2O/c1-9(8-15-3)7-14-11-5-4-10(2)12(13)6-11/h4-6,9,14H,7-8,13H2,1-3H3. The van der Waals surface area contributed by atoms with E-state index in [2.05, 4.69) is 12.2 Å². The molecule has 0 aliphatic rings. The van der Waals surface area contributed by atoms with Crippen molar-refractivity contribution in [3.05, 3.63) is 23.8 Å². The van der Waals surface area contributed by atoms with Gasteiger partial charge in [0.1, 0.15) is 0 Å². The van der Waals surface area contributed by atoms with Crippen molar-refractivity contribution in [2.24, 2.45) is 5.92 Å². The van der Waals surface area contributed by atoms with Gasteiger partial charge < -0.3 is 15.8 Å². The molecule has 3 nitrogen and oxygen atoms in total. The maximum atomic E-state index is 5.82. The average Bonchev–Trinajstić information content (AvgIpc) is 2.20. The number of anilines is 2. The van der Waals surface area contributed by atoms with Gasteiger partial charge in [0.15, 0.2) is 0 Å². The van der Waals surface area contributed by atoms with Gasteiger partial charge in [0.05, 0.1) is 6.61 Å². The second-order valence-corrected chi connectivity index (χ2v) is 4.01. The fourth-order valence-electron chi connectivity index (χ4n) is 1.39. The molecule has 0 heterocycles. The van der Waals surface area contributed by atoms with Crippen LogP contribution in [0.15, 0.2) is 18.2 Å². The Labute approximate surface area is 91.6 Å². The third kappa shape index (κ3) is 3.80. The van der Waals surface area contributed by atoms with Gasteiger partial charge in [-0.1, -0.05) is 13.0 Å². The highest BCUT2D eigenvalue weighted by atomic mass is 16.5. The van der Waals surface area contributed by atoms with E-state index in [1.54, 1.807) is 7.11 Å². The number of hydrogen-bond acceptors (Lipinski definition) is 3. The number of nitrogen functional groups attached to an aromatic ring is 1. The fraction of sp³-hybridized carbons (Fsp3) is 0.500. The molecule has 1 atom stereocenters. The van der Waals surface area contributed by atoms with Crippen molar-refractivity contribution in [1.29, 1.82) is 0 Å². The predicted octanol–water partition coefficient (Wildman–Crippen LogP) is 2.27. The summed E-state index contributed by atoms with van der Waals surface area (Å²) in [7, 11) is 1.72. The number of ether oxygens (including phenoxy) is 1. The molecule has 0 radical (unpaired) electrons. The highest BCUT2D eigenvalue weighted by Crippen LogP contribution is 2.17. The lowest BCUT2D eigenvalue weighted by Crippen LogP contribution is -2.15. The van der Waals surface area contributed by atoms with Gasteiger partial charge in [0.2, 0.25) is 0 Å². The summed E-state index contributed by atoms with van der Waals surface area (Å²) in [5.74, 6) is 0.498. The van der Waals surface area contributed by atoms with Gasteiger partial charge in [-0.2, -0.15) is 0 Å². The van der Waals surface area contributed by atoms with Crippen molar-refractivity contribution < 1.29 is 4.74 Å². The number of benzene rings is 1. The molecule has 0 bridgehead atoms. The fourth-order valence-corrected chi connectivity index (χ4v) is 1.39. The summed E-state index contributed by atoms with van der Waals surface area (Å²) in [4.78, 5) is 0. The van der Waals surface area contributed by atoms with Crippen molar-refractivity contribution >= 4 is 11.4 Å². The molecule has 0 fully saturated rings. The molecule has 0 aliphatic heterocycles. The Morgan fingerprint density at radius 2 is 2.20 bits per heavy atom. The van der Waals surface area contributed by atoms with Gasteiger partial charge in [-0.05, 0) is 30.5 Å². The summed E-state index contributed by atoms with van der Waals surface area (Å²) in [6.07, 6.45) is 0. The minimum atomic E-state index is 0.498. The van der Waals surface area contributed by atoms with E-state index in [4.69, 9.17) is 10.5 Å². The topological polar surface area (TPSA) is 47.3 Å². The zero-order chi connectivity index (χ0) is 11.3. The second-order valence-electron chi connectivity index (χ2n) is 4.01. The number of methoxy groups -OCH3 is 1. The maximum Gasteiger partial charge on any atom is 0.0504 e. The van der Waals surface area contributed by atoms with Crippen LogP contribution in [0.5, 0.6) is 0 Å². The molecule has 1 aromatic rings. The van der Waals surface area contributed by atoms with E-state index >= 15 is 0 Å². The second kappa shape index (κ2) is 5.61. The predicted molar refractivity (Wildman–Crippen MR) is 65.1 cm³/mol. The summed E-state index contributed by atoms with van der Waals surface area (Å²) in [5, 5.41) is 3.34. The van der Waals surface area contributed by atoms with Crippen LogP contribution >= 0.6 is 0 Å². The van der Waals surface area contributed by atoms with E-state index in [0.29, 0.717) is 5.92 Å². The first-order chi connectivity index (χ1) is 7.13. The van der Waals surface area contributed by atoms with Gasteiger partial charge in [-0.25, -0.2) is 0 Å². The summed E-state index contributed by atoms with van der Waals surface area (Å²) in [5.41, 5.74) is 8.84. The van der Waals surface area contributed by atoms with Crippen LogP contribution in [0.25, 0.3) is 0 Å². The average molecular weight is 208 g/mol. The molecule has 84 valence electrons. The van der Waals surface area contributed by atoms with Crippen molar-refractivity contribution in [3.63, 3.8) is 0 Å². The number of rotatable bonds is 5. The summed E-state index contributed by atoms with van der Waals surface area (Å²) in [6.45, 7) is 5.82. The molecule has 0 aromatic heterocycles. The van der Waals surface area contributed by atoms with Crippen molar-refractivity contribution in [1.82, 2.24) is 0 Å². The van der Waals surface area contributed by atoms with Gasteiger partial charge in [-0.15, -0.1) is 0 Å². The quantitative estimate of drug-likeness (QED) is 0.730. The lowest BCUT2D eigenvalue weighted by molar-refractivity contribution is 0.164. The van der Waals surface area contributed by atoms with E-state index < -0.39 is 0 Å². The Morgan fingerprint density at radius 1 is 1.47 bits per heavy atom. The minimum absolute atomic E-state index is 0.498. The normalized spacial score (nSPS) is 12.5. The Hall–Kier alpha value is -1.22. The molecule has 0 saturated carbocycles. The van der Waals surface area contributed by atoms with Crippen LogP contribution in [-0.2, 0) is 4.74 Å². The van der Waals surface area contributed by atoms with Crippen molar-refractivity contribution in [2.45, 2.75) is 13.8 Å². The van der Waals surface area contributed by atoms with Crippen molar-refractivity contribution in [2.75, 3.05) is 31.3 Å². The largest absolute Gasteiger partial charge is 0.398 e. The highest BCUT2D eigenvalue weighted by molar-refractivity contribution is 5.58. The van der Waals surface area contributed by atoms with Crippen LogP contribution < -0.4 is 11.1 Å². The maximum absolute atomic E-state index is 5.82. The zero-order valence-electron chi connectivity index (χ0n) is 9.71. The summed E-state index contributed by atoms with van der Waals surface area (Å²) in [6, 6.07) is 6.04. The van der Waals surface area contributed by atoms with Crippen LogP contribution in [0.2, 0.25) is 0 Å². The van der Waals surface area contributed by atoms with Crippen LogP contribution in [0.4, 0.5) is 11.4 Å². The lowest BCUT2D eigenvalue weighted by atomic mass is 10.1. The summed E-state index contributed by atoms with van der Waals surface area (Å²) < 4.78 is 5.07. The Balaban J connectivity index is 2.47. The number of hydrogen-bond donors (Lipinski definition) is 2. The molecular formula is C12H20N2O. The summed E-state index contributed by atoms with van der Waals surface area (Å²) >= 11 is 0. The van der Waals surface area contributed by atoms with Crippen molar-refractivity contribution in [3.8, 4) is 0 Å². The van der Waals surface area contributed by atoms with E-state index in [0.717, 1.165) is 30.1 Å². The van der Waals surface area contributed by atoms with Gasteiger partial charge in [0, 0.05) is 25.0 Å². The monoisotopic (exact) mass is 208 g/mol. The van der Waals surface area contributed by atoms with E-state index in [1.165, 1.54) is 0 Å². The first-order valence-corrected chi connectivity index (χ1v) is 5.22. The minimum Gasteiger partial charge on any atom is -0.398 e. The smallest absolute Gasteiger partial charge is 0.0504 e. The Bertz CT molecular complexity index is 312. The molecule has 3 heteroatoms. The third-order valence-electron chi connectivity index (χ3n) is 2.39. The third-order valence-corrected chi connectivity index (χ3v) is 2.39. The van der Waals surface area contributed by atoms with E-state index in [-0.39, 0.29) is 0 Å². The Kier molecular flexibility index (Phi) is 4.43. The van der Waals surface area contributed by atoms with E-state index in [9.17, 15) is 0 Å². The van der Waals surface area contributed by atoms with E-state index in [1.807, 2.05) is 25.1 Å².